The number of hydrogen-bond acceptors (Lipinski definition) is 5. The Morgan fingerprint density at radius 3 is 2.43 bits per heavy atom. The van der Waals surface area contributed by atoms with Gasteiger partial charge in [-0.3, -0.25) is 19.3 Å². The van der Waals surface area contributed by atoms with Gasteiger partial charge in [0.25, 0.3) is 0 Å². The van der Waals surface area contributed by atoms with E-state index in [1.807, 2.05) is 6.07 Å². The summed E-state index contributed by atoms with van der Waals surface area (Å²) in [6.45, 7) is -0.329. The summed E-state index contributed by atoms with van der Waals surface area (Å²) in [7, 11) is -3.19. The highest BCUT2D eigenvalue weighted by atomic mass is 32.2. The van der Waals surface area contributed by atoms with Gasteiger partial charge in [-0.15, -0.1) is 0 Å². The number of imide groups is 1. The lowest BCUT2D eigenvalue weighted by Gasteiger charge is -2.30. The molecule has 3 fully saturated rings. The molecule has 2 saturated heterocycles. The van der Waals surface area contributed by atoms with E-state index in [-0.39, 0.29) is 36.3 Å². The van der Waals surface area contributed by atoms with Crippen LogP contribution in [0.5, 0.6) is 0 Å². The van der Waals surface area contributed by atoms with Gasteiger partial charge in [0, 0.05) is 12.1 Å². The molecule has 0 radical (unpaired) electrons. The van der Waals surface area contributed by atoms with Crippen LogP contribution in [0.2, 0.25) is 0 Å². The molecule has 0 N–H and O–H groups in total. The average Bonchev–Trinajstić information content (AvgIpc) is 3.32. The standard InChI is InChI=1S/C20H24N2O5S/c23-17-12-20(9-4-5-10-20)19(25)21(17)13-18(24)22(15-6-2-1-3-7-15)16-8-11-28(26,27)14-16/h1-3,6-7,16H,4-5,8-14H2. The molecule has 3 amide bonds. The first-order valence-corrected chi connectivity index (χ1v) is 11.6. The van der Waals surface area contributed by atoms with E-state index < -0.39 is 27.2 Å². The van der Waals surface area contributed by atoms with Gasteiger partial charge < -0.3 is 4.90 Å². The lowest BCUT2D eigenvalue weighted by atomic mass is 9.84. The number of likely N-dealkylation sites (tertiary alicyclic amines) is 1. The molecule has 150 valence electrons. The Morgan fingerprint density at radius 1 is 1.14 bits per heavy atom. The van der Waals surface area contributed by atoms with Crippen LogP contribution in [0.25, 0.3) is 0 Å². The third kappa shape index (κ3) is 3.34. The zero-order valence-corrected chi connectivity index (χ0v) is 16.5. The molecule has 0 aromatic heterocycles. The van der Waals surface area contributed by atoms with Crippen LogP contribution in [-0.4, -0.2) is 55.1 Å². The summed E-state index contributed by atoms with van der Waals surface area (Å²) in [5, 5.41) is 0. The highest BCUT2D eigenvalue weighted by Gasteiger charge is 2.53. The van der Waals surface area contributed by atoms with Gasteiger partial charge in [0.15, 0.2) is 9.84 Å². The predicted octanol–water partition coefficient (Wildman–Crippen LogP) is 1.53. The summed E-state index contributed by atoms with van der Waals surface area (Å²) in [5.41, 5.74) is -0.0321. The van der Waals surface area contributed by atoms with Crippen molar-refractivity contribution < 1.29 is 22.8 Å². The van der Waals surface area contributed by atoms with Crippen molar-refractivity contribution in [2.45, 2.75) is 44.6 Å². The normalized spacial score (nSPS) is 25.6. The molecular formula is C20H24N2O5S. The molecule has 1 unspecified atom stereocenters. The van der Waals surface area contributed by atoms with Gasteiger partial charge in [-0.05, 0) is 31.4 Å². The molecule has 4 rings (SSSR count). The van der Waals surface area contributed by atoms with Crippen molar-refractivity contribution in [1.82, 2.24) is 4.90 Å². The van der Waals surface area contributed by atoms with Gasteiger partial charge in [0.2, 0.25) is 17.7 Å². The topological polar surface area (TPSA) is 91.8 Å². The lowest BCUT2D eigenvalue weighted by Crippen LogP contribution is -2.48. The number of rotatable bonds is 4. The van der Waals surface area contributed by atoms with Crippen molar-refractivity contribution in [3.63, 3.8) is 0 Å². The number of carbonyl (C=O) groups is 3. The fourth-order valence-corrected chi connectivity index (χ4v) is 6.50. The van der Waals surface area contributed by atoms with Gasteiger partial charge in [-0.25, -0.2) is 8.42 Å². The number of anilines is 1. The molecule has 1 atom stereocenters. The van der Waals surface area contributed by atoms with Crippen molar-refractivity contribution in [1.29, 1.82) is 0 Å². The SMILES string of the molecule is O=C1CC2(CCCC2)C(=O)N1CC(=O)N(c1ccccc1)C1CCS(=O)(=O)C1. The third-order valence-corrected chi connectivity index (χ3v) is 7.97. The van der Waals surface area contributed by atoms with Crippen LogP contribution in [0.1, 0.15) is 38.5 Å². The second-order valence-corrected chi connectivity index (χ2v) is 10.3. The first kappa shape index (κ1) is 19.1. The molecule has 1 aromatic carbocycles. The number of para-hydroxylation sites is 1. The minimum atomic E-state index is -3.19. The van der Waals surface area contributed by atoms with Crippen molar-refractivity contribution in [2.75, 3.05) is 23.0 Å². The zero-order chi connectivity index (χ0) is 19.9. The molecule has 2 heterocycles. The first-order valence-electron chi connectivity index (χ1n) is 9.74. The minimum Gasteiger partial charge on any atom is -0.307 e. The molecule has 1 spiro atoms. The zero-order valence-electron chi connectivity index (χ0n) is 15.7. The van der Waals surface area contributed by atoms with E-state index in [1.165, 1.54) is 4.90 Å². The van der Waals surface area contributed by atoms with Gasteiger partial charge >= 0.3 is 0 Å². The quantitative estimate of drug-likeness (QED) is 0.710. The number of benzene rings is 1. The van der Waals surface area contributed by atoms with Crippen LogP contribution >= 0.6 is 0 Å². The lowest BCUT2D eigenvalue weighted by molar-refractivity contribution is -0.144. The monoisotopic (exact) mass is 404 g/mol. The van der Waals surface area contributed by atoms with Crippen LogP contribution in [0, 0.1) is 5.41 Å². The van der Waals surface area contributed by atoms with Crippen molar-refractivity contribution in [3.05, 3.63) is 30.3 Å². The number of sulfone groups is 1. The average molecular weight is 404 g/mol. The van der Waals surface area contributed by atoms with Crippen LogP contribution in [-0.2, 0) is 24.2 Å². The Bertz CT molecular complexity index is 906. The summed E-state index contributed by atoms with van der Waals surface area (Å²) >= 11 is 0. The Hall–Kier alpha value is -2.22. The van der Waals surface area contributed by atoms with Crippen LogP contribution in [0.4, 0.5) is 5.69 Å². The van der Waals surface area contributed by atoms with Crippen LogP contribution in [0.3, 0.4) is 0 Å². The van der Waals surface area contributed by atoms with Crippen LogP contribution in [0.15, 0.2) is 30.3 Å². The van der Waals surface area contributed by atoms with Crippen LogP contribution < -0.4 is 4.90 Å². The van der Waals surface area contributed by atoms with E-state index >= 15 is 0 Å². The van der Waals surface area contributed by atoms with Gasteiger partial charge in [0.1, 0.15) is 6.54 Å². The van der Waals surface area contributed by atoms with E-state index in [2.05, 4.69) is 0 Å². The van der Waals surface area contributed by atoms with Gasteiger partial charge in [-0.1, -0.05) is 31.0 Å². The maximum absolute atomic E-state index is 13.2. The molecule has 1 saturated carbocycles. The molecule has 1 aromatic rings. The molecular weight excluding hydrogens is 380 g/mol. The van der Waals surface area contributed by atoms with E-state index in [9.17, 15) is 22.8 Å². The highest BCUT2D eigenvalue weighted by molar-refractivity contribution is 7.91. The highest BCUT2D eigenvalue weighted by Crippen LogP contribution is 2.46. The molecule has 28 heavy (non-hydrogen) atoms. The Kier molecular flexibility index (Phi) is 4.77. The summed E-state index contributed by atoms with van der Waals surface area (Å²) < 4.78 is 23.9. The van der Waals surface area contributed by atoms with E-state index in [0.717, 1.165) is 17.7 Å². The fourth-order valence-electron chi connectivity index (χ4n) is 4.80. The van der Waals surface area contributed by atoms with Crippen molar-refractivity contribution >= 4 is 33.2 Å². The molecule has 3 aliphatic rings. The van der Waals surface area contributed by atoms with Crippen molar-refractivity contribution in [3.8, 4) is 0 Å². The Balaban J connectivity index is 1.58. The number of amides is 3. The minimum absolute atomic E-state index is 0.0406. The predicted molar refractivity (Wildman–Crippen MR) is 103 cm³/mol. The molecule has 1 aliphatic carbocycles. The second-order valence-electron chi connectivity index (χ2n) is 8.11. The first-order chi connectivity index (χ1) is 13.3. The van der Waals surface area contributed by atoms with Crippen molar-refractivity contribution in [2.24, 2.45) is 5.41 Å². The summed E-state index contributed by atoms with van der Waals surface area (Å²) in [6.07, 6.45) is 3.79. The maximum Gasteiger partial charge on any atom is 0.247 e. The number of nitrogens with zero attached hydrogens (tertiary/aromatic N) is 2. The largest absolute Gasteiger partial charge is 0.307 e. The van der Waals surface area contributed by atoms with E-state index in [0.29, 0.717) is 24.9 Å². The molecule has 7 nitrogen and oxygen atoms in total. The molecule has 8 heteroatoms. The van der Waals surface area contributed by atoms with Gasteiger partial charge in [-0.2, -0.15) is 0 Å². The summed E-state index contributed by atoms with van der Waals surface area (Å²) in [6, 6.07) is 8.38. The van der Waals surface area contributed by atoms with E-state index in [4.69, 9.17) is 0 Å². The fraction of sp³-hybridized carbons (Fsp3) is 0.550. The Labute approximate surface area is 164 Å². The summed E-state index contributed by atoms with van der Waals surface area (Å²) in [4.78, 5) is 41.1. The second kappa shape index (κ2) is 6.99. The smallest absolute Gasteiger partial charge is 0.247 e. The number of carbonyl (C=O) groups excluding carboxylic acids is 3. The summed E-state index contributed by atoms with van der Waals surface area (Å²) in [5.74, 6) is -1.01. The molecule has 0 bridgehead atoms. The number of hydrogen-bond donors (Lipinski definition) is 0. The van der Waals surface area contributed by atoms with E-state index in [1.54, 1.807) is 24.3 Å². The Morgan fingerprint density at radius 2 is 1.82 bits per heavy atom. The maximum atomic E-state index is 13.2. The third-order valence-electron chi connectivity index (χ3n) is 6.22. The van der Waals surface area contributed by atoms with Gasteiger partial charge in [0.05, 0.1) is 23.0 Å². The molecule has 2 aliphatic heterocycles.